The van der Waals surface area contributed by atoms with Crippen molar-refractivity contribution >= 4 is 0 Å². The third kappa shape index (κ3) is 2.21. The molecule has 0 amide bonds. The van der Waals surface area contributed by atoms with Crippen LogP contribution >= 0.6 is 0 Å². The Morgan fingerprint density at radius 1 is 1.31 bits per heavy atom. The van der Waals surface area contributed by atoms with Gasteiger partial charge in [-0.15, -0.1) is 5.10 Å². The van der Waals surface area contributed by atoms with Crippen LogP contribution in [0.2, 0.25) is 0 Å². The van der Waals surface area contributed by atoms with E-state index in [0.717, 1.165) is 17.8 Å². The Morgan fingerprint density at radius 2 is 2.12 bits per heavy atom. The predicted octanol–water partition coefficient (Wildman–Crippen LogP) is 2.57. The van der Waals surface area contributed by atoms with Gasteiger partial charge in [-0.05, 0) is 18.9 Å². The maximum absolute atomic E-state index is 5.34. The summed E-state index contributed by atoms with van der Waals surface area (Å²) in [4.78, 5) is 4.29. The summed E-state index contributed by atoms with van der Waals surface area (Å²) in [5, 5.41) is 6.90. The molecular weight excluding hydrogens is 202 g/mol. The van der Waals surface area contributed by atoms with E-state index in [1.165, 1.54) is 5.56 Å². The monoisotopic (exact) mass is 217 g/mol. The number of nitrogens with zero attached hydrogens (tertiary/aromatic N) is 2. The molecule has 4 heteroatoms. The first kappa shape index (κ1) is 10.7. The molecule has 0 fully saturated rings. The zero-order chi connectivity index (χ0) is 11.4. The average molecular weight is 217 g/mol. The van der Waals surface area contributed by atoms with E-state index in [4.69, 9.17) is 4.74 Å². The number of aromatic amines is 1. The molecule has 1 aromatic carbocycles. The van der Waals surface area contributed by atoms with Crippen LogP contribution in [0.4, 0.5) is 0 Å². The fourth-order valence-corrected chi connectivity index (χ4v) is 1.46. The molecule has 0 bridgehead atoms. The molecule has 1 heterocycles. The number of hydrogen-bond donors (Lipinski definition) is 1. The molecule has 2 rings (SSSR count). The second-order valence-electron chi connectivity index (χ2n) is 3.63. The van der Waals surface area contributed by atoms with Crippen LogP contribution in [-0.2, 0) is 0 Å². The lowest BCUT2D eigenvalue weighted by molar-refractivity contribution is 0.293. The molecule has 0 aliphatic heterocycles. The Kier molecular flexibility index (Phi) is 3.19. The van der Waals surface area contributed by atoms with Gasteiger partial charge in [-0.25, -0.2) is 0 Å². The minimum Gasteiger partial charge on any atom is -0.462 e. The van der Waals surface area contributed by atoms with Crippen LogP contribution in [0.25, 0.3) is 11.4 Å². The van der Waals surface area contributed by atoms with Crippen LogP contribution in [0.3, 0.4) is 0 Å². The van der Waals surface area contributed by atoms with Gasteiger partial charge in [-0.1, -0.05) is 31.2 Å². The van der Waals surface area contributed by atoms with Crippen LogP contribution in [-0.4, -0.2) is 21.8 Å². The Balaban J connectivity index is 2.22. The molecule has 0 spiro atoms. The summed E-state index contributed by atoms with van der Waals surface area (Å²) in [5.74, 6) is 0.754. The summed E-state index contributed by atoms with van der Waals surface area (Å²) in [5.41, 5.74) is 2.22. The second-order valence-corrected chi connectivity index (χ2v) is 3.63. The Hall–Kier alpha value is -1.84. The van der Waals surface area contributed by atoms with E-state index in [2.05, 4.69) is 22.1 Å². The molecule has 16 heavy (non-hydrogen) atoms. The molecule has 1 N–H and O–H groups in total. The van der Waals surface area contributed by atoms with Crippen LogP contribution in [0.1, 0.15) is 18.9 Å². The normalized spacial score (nSPS) is 10.4. The molecule has 0 aliphatic rings. The van der Waals surface area contributed by atoms with Gasteiger partial charge in [0.2, 0.25) is 0 Å². The lowest BCUT2D eigenvalue weighted by Gasteiger charge is -1.99. The molecule has 4 nitrogen and oxygen atoms in total. The van der Waals surface area contributed by atoms with E-state index >= 15 is 0 Å². The Morgan fingerprint density at radius 3 is 2.88 bits per heavy atom. The van der Waals surface area contributed by atoms with Crippen LogP contribution in [0, 0.1) is 6.92 Å². The van der Waals surface area contributed by atoms with E-state index in [0.29, 0.717) is 12.6 Å². The van der Waals surface area contributed by atoms with Crippen molar-refractivity contribution in [3.05, 3.63) is 29.8 Å². The first-order valence-electron chi connectivity index (χ1n) is 5.42. The van der Waals surface area contributed by atoms with E-state index in [1.54, 1.807) is 0 Å². The highest BCUT2D eigenvalue weighted by atomic mass is 16.5. The number of rotatable bonds is 4. The van der Waals surface area contributed by atoms with E-state index in [9.17, 15) is 0 Å². The third-order valence-electron chi connectivity index (χ3n) is 2.30. The Bertz CT molecular complexity index is 465. The van der Waals surface area contributed by atoms with E-state index in [1.807, 2.05) is 31.2 Å². The summed E-state index contributed by atoms with van der Waals surface area (Å²) < 4.78 is 5.34. The van der Waals surface area contributed by atoms with Crippen molar-refractivity contribution in [3.8, 4) is 17.4 Å². The van der Waals surface area contributed by atoms with Gasteiger partial charge in [0.1, 0.15) is 0 Å². The van der Waals surface area contributed by atoms with E-state index in [-0.39, 0.29) is 0 Å². The van der Waals surface area contributed by atoms with Crippen molar-refractivity contribution < 1.29 is 4.74 Å². The quantitative estimate of drug-likeness (QED) is 0.856. The van der Waals surface area contributed by atoms with Gasteiger partial charge >= 0.3 is 6.01 Å². The van der Waals surface area contributed by atoms with Crippen molar-refractivity contribution in [3.63, 3.8) is 0 Å². The average Bonchev–Trinajstić information content (AvgIpc) is 2.75. The van der Waals surface area contributed by atoms with Crippen molar-refractivity contribution in [1.82, 2.24) is 15.2 Å². The highest BCUT2D eigenvalue weighted by Crippen LogP contribution is 2.20. The molecule has 0 saturated carbocycles. The number of nitrogens with one attached hydrogen (secondary N) is 1. The number of hydrogen-bond acceptors (Lipinski definition) is 3. The number of aromatic nitrogens is 3. The maximum atomic E-state index is 5.34. The highest BCUT2D eigenvalue weighted by molar-refractivity contribution is 5.59. The second kappa shape index (κ2) is 4.79. The molecule has 1 aromatic heterocycles. The van der Waals surface area contributed by atoms with Gasteiger partial charge in [0.25, 0.3) is 0 Å². The summed E-state index contributed by atoms with van der Waals surface area (Å²) in [7, 11) is 0. The summed E-state index contributed by atoms with van der Waals surface area (Å²) in [6, 6.07) is 8.46. The largest absolute Gasteiger partial charge is 0.462 e. The predicted molar refractivity (Wildman–Crippen MR) is 62.3 cm³/mol. The van der Waals surface area contributed by atoms with Crippen molar-refractivity contribution in [2.75, 3.05) is 6.61 Å². The molecule has 0 saturated heterocycles. The SMILES string of the molecule is CCCOc1n[nH]c(-c2ccccc2C)n1. The molecule has 84 valence electrons. The fourth-order valence-electron chi connectivity index (χ4n) is 1.46. The van der Waals surface area contributed by atoms with Crippen molar-refractivity contribution in [2.24, 2.45) is 0 Å². The van der Waals surface area contributed by atoms with Crippen LogP contribution < -0.4 is 4.74 Å². The smallest absolute Gasteiger partial charge is 0.335 e. The number of aryl methyl sites for hydroxylation is 1. The van der Waals surface area contributed by atoms with Gasteiger partial charge in [-0.2, -0.15) is 4.98 Å². The van der Waals surface area contributed by atoms with Gasteiger partial charge in [-0.3, -0.25) is 5.10 Å². The summed E-state index contributed by atoms with van der Waals surface area (Å²) >= 11 is 0. The van der Waals surface area contributed by atoms with Crippen molar-refractivity contribution in [2.45, 2.75) is 20.3 Å². The molecule has 2 aromatic rings. The topological polar surface area (TPSA) is 50.8 Å². The number of ether oxygens (including phenoxy) is 1. The minimum absolute atomic E-state index is 0.417. The lowest BCUT2D eigenvalue weighted by Crippen LogP contribution is -1.96. The standard InChI is InChI=1S/C12H15N3O/c1-3-8-16-12-13-11(14-15-12)10-7-5-4-6-9(10)2/h4-7H,3,8H2,1-2H3,(H,13,14,15). The highest BCUT2D eigenvalue weighted by Gasteiger charge is 2.07. The maximum Gasteiger partial charge on any atom is 0.335 e. The number of benzene rings is 1. The van der Waals surface area contributed by atoms with Crippen LogP contribution in [0.15, 0.2) is 24.3 Å². The number of H-pyrrole nitrogens is 1. The van der Waals surface area contributed by atoms with E-state index < -0.39 is 0 Å². The first-order chi connectivity index (χ1) is 7.81. The minimum atomic E-state index is 0.417. The zero-order valence-corrected chi connectivity index (χ0v) is 9.53. The fraction of sp³-hybridized carbons (Fsp3) is 0.333. The molecular formula is C12H15N3O. The van der Waals surface area contributed by atoms with Gasteiger partial charge in [0.15, 0.2) is 5.82 Å². The van der Waals surface area contributed by atoms with Gasteiger partial charge in [0.05, 0.1) is 6.61 Å². The molecule has 0 atom stereocenters. The van der Waals surface area contributed by atoms with Gasteiger partial charge in [0, 0.05) is 5.56 Å². The third-order valence-corrected chi connectivity index (χ3v) is 2.30. The van der Waals surface area contributed by atoms with Crippen LogP contribution in [0.5, 0.6) is 6.01 Å². The van der Waals surface area contributed by atoms with Gasteiger partial charge < -0.3 is 4.74 Å². The summed E-state index contributed by atoms with van der Waals surface area (Å²) in [6.07, 6.45) is 0.953. The zero-order valence-electron chi connectivity index (χ0n) is 9.53. The lowest BCUT2D eigenvalue weighted by atomic mass is 10.1. The summed E-state index contributed by atoms with van der Waals surface area (Å²) in [6.45, 7) is 4.74. The van der Waals surface area contributed by atoms with Crippen molar-refractivity contribution in [1.29, 1.82) is 0 Å². The first-order valence-corrected chi connectivity index (χ1v) is 5.42. The molecule has 0 radical (unpaired) electrons. The Labute approximate surface area is 94.7 Å². The molecule has 0 aliphatic carbocycles. The molecule has 0 unspecified atom stereocenters.